The van der Waals surface area contributed by atoms with Crippen molar-refractivity contribution >= 4 is 15.7 Å². The van der Waals surface area contributed by atoms with Crippen LogP contribution in [0, 0.1) is 5.92 Å². The van der Waals surface area contributed by atoms with E-state index in [4.69, 9.17) is 0 Å². The largest absolute Gasteiger partial charge is 0.381 e. The van der Waals surface area contributed by atoms with E-state index in [1.54, 1.807) is 26.2 Å². The van der Waals surface area contributed by atoms with Gasteiger partial charge in [-0.05, 0) is 56.1 Å². The molecule has 5 nitrogen and oxygen atoms in total. The van der Waals surface area contributed by atoms with E-state index in [0.29, 0.717) is 10.9 Å². The highest BCUT2D eigenvalue weighted by atomic mass is 32.2. The number of nitrogens with zero attached hydrogens (tertiary/aromatic N) is 2. The number of fused-ring (bicyclic) bond motifs is 3. The van der Waals surface area contributed by atoms with Gasteiger partial charge in [-0.3, -0.25) is 0 Å². The Morgan fingerprint density at radius 3 is 2.24 bits per heavy atom. The number of anilines is 1. The van der Waals surface area contributed by atoms with Gasteiger partial charge in [-0.1, -0.05) is 0 Å². The predicted molar refractivity (Wildman–Crippen MR) is 83.9 cm³/mol. The van der Waals surface area contributed by atoms with Gasteiger partial charge in [-0.15, -0.1) is 0 Å². The molecule has 4 rings (SSSR count). The van der Waals surface area contributed by atoms with Crippen LogP contribution in [0.4, 0.5) is 5.69 Å². The van der Waals surface area contributed by atoms with Crippen LogP contribution in [-0.4, -0.2) is 57.4 Å². The van der Waals surface area contributed by atoms with Gasteiger partial charge in [0.15, 0.2) is 0 Å². The van der Waals surface area contributed by atoms with Crippen LogP contribution in [0.1, 0.15) is 12.8 Å². The van der Waals surface area contributed by atoms with Gasteiger partial charge in [-0.2, -0.15) is 0 Å². The van der Waals surface area contributed by atoms with Crippen LogP contribution >= 0.6 is 0 Å². The van der Waals surface area contributed by atoms with Crippen molar-refractivity contribution in [3.8, 4) is 0 Å². The minimum Gasteiger partial charge on any atom is -0.381 e. The monoisotopic (exact) mass is 309 g/mol. The normalized spacial score (nSPS) is 28.8. The molecular weight excluding hydrogens is 286 g/mol. The molecule has 3 heterocycles. The zero-order chi connectivity index (χ0) is 15.0. The Hall–Kier alpha value is -1.11. The average Bonchev–Trinajstić information content (AvgIpc) is 2.49. The molecular formula is C15H23N3O2S. The number of sulfonamides is 1. The fraction of sp³-hybridized carbons (Fsp3) is 0.600. The maximum absolute atomic E-state index is 12.0. The van der Waals surface area contributed by atoms with E-state index in [1.165, 1.54) is 30.2 Å². The van der Waals surface area contributed by atoms with E-state index >= 15 is 0 Å². The summed E-state index contributed by atoms with van der Waals surface area (Å²) in [5.74, 6) is 0.750. The average molecular weight is 309 g/mol. The molecule has 1 N–H and O–H groups in total. The fourth-order valence-electron chi connectivity index (χ4n) is 3.28. The third-order valence-electron chi connectivity index (χ3n) is 4.64. The lowest BCUT2D eigenvalue weighted by molar-refractivity contribution is 0.0975. The molecule has 1 unspecified atom stereocenters. The van der Waals surface area contributed by atoms with E-state index in [-0.39, 0.29) is 0 Å². The molecule has 3 saturated heterocycles. The first-order chi connectivity index (χ1) is 9.96. The topological polar surface area (TPSA) is 52.7 Å². The van der Waals surface area contributed by atoms with Gasteiger partial charge in [0.1, 0.15) is 0 Å². The minimum absolute atomic E-state index is 0.340. The van der Waals surface area contributed by atoms with Gasteiger partial charge in [-0.25, -0.2) is 12.7 Å². The molecule has 6 heteroatoms. The summed E-state index contributed by atoms with van der Waals surface area (Å²) in [6.07, 6.45) is 2.54. The highest BCUT2D eigenvalue weighted by molar-refractivity contribution is 7.89. The van der Waals surface area contributed by atoms with E-state index in [0.717, 1.165) is 18.2 Å². The van der Waals surface area contributed by atoms with Crippen molar-refractivity contribution in [3.63, 3.8) is 0 Å². The molecule has 21 heavy (non-hydrogen) atoms. The number of benzene rings is 1. The summed E-state index contributed by atoms with van der Waals surface area (Å²) in [7, 11) is -0.237. The van der Waals surface area contributed by atoms with Gasteiger partial charge >= 0.3 is 0 Å². The van der Waals surface area contributed by atoms with Gasteiger partial charge in [0, 0.05) is 32.4 Å². The second kappa shape index (κ2) is 5.59. The number of piperidine rings is 3. The molecule has 2 bridgehead atoms. The summed E-state index contributed by atoms with van der Waals surface area (Å²) < 4.78 is 25.3. The number of hydrogen-bond donors (Lipinski definition) is 1. The molecule has 0 aromatic heterocycles. The molecule has 0 amide bonds. The maximum atomic E-state index is 12.0. The van der Waals surface area contributed by atoms with Crippen LogP contribution in [0.3, 0.4) is 0 Å². The summed E-state index contributed by atoms with van der Waals surface area (Å²) in [6, 6.07) is 7.59. The second-order valence-electron chi connectivity index (χ2n) is 6.20. The van der Waals surface area contributed by atoms with Crippen LogP contribution in [0.25, 0.3) is 0 Å². The Kier molecular flexibility index (Phi) is 3.94. The molecule has 116 valence electrons. The van der Waals surface area contributed by atoms with Crippen LogP contribution in [0.5, 0.6) is 0 Å². The summed E-state index contributed by atoms with van der Waals surface area (Å²) in [5, 5.41) is 3.57. The summed E-state index contributed by atoms with van der Waals surface area (Å²) in [4.78, 5) is 2.84. The quantitative estimate of drug-likeness (QED) is 0.914. The molecule has 3 aliphatic heterocycles. The molecule has 3 aliphatic rings. The van der Waals surface area contributed by atoms with Gasteiger partial charge in [0.25, 0.3) is 0 Å². The van der Waals surface area contributed by atoms with Crippen molar-refractivity contribution in [2.75, 3.05) is 39.0 Å². The molecule has 0 saturated carbocycles. The number of rotatable bonds is 4. The Morgan fingerprint density at radius 1 is 1.14 bits per heavy atom. The number of hydrogen-bond acceptors (Lipinski definition) is 4. The first-order valence-electron chi connectivity index (χ1n) is 7.48. The lowest BCUT2D eigenvalue weighted by Crippen LogP contribution is -2.53. The van der Waals surface area contributed by atoms with Crippen molar-refractivity contribution in [1.82, 2.24) is 9.21 Å². The molecule has 3 fully saturated rings. The highest BCUT2D eigenvalue weighted by Gasteiger charge is 2.33. The van der Waals surface area contributed by atoms with Gasteiger partial charge in [0.05, 0.1) is 4.90 Å². The summed E-state index contributed by atoms with van der Waals surface area (Å²) in [5.41, 5.74) is 1.01. The van der Waals surface area contributed by atoms with E-state index in [2.05, 4.69) is 10.2 Å². The Balaban J connectivity index is 1.71. The SMILES string of the molecule is CN(C)S(=O)(=O)c1ccc(NC2CN3CCC2CC3)cc1. The molecule has 0 aliphatic carbocycles. The van der Waals surface area contributed by atoms with Crippen molar-refractivity contribution in [3.05, 3.63) is 24.3 Å². The predicted octanol–water partition coefficient (Wildman–Crippen LogP) is 1.44. The summed E-state index contributed by atoms with van der Waals surface area (Å²) >= 11 is 0. The first kappa shape index (κ1) is 14.8. The van der Waals surface area contributed by atoms with E-state index < -0.39 is 10.0 Å². The minimum atomic E-state index is -3.34. The number of nitrogens with one attached hydrogen (secondary N) is 1. The van der Waals surface area contributed by atoms with Gasteiger partial charge in [0.2, 0.25) is 10.0 Å². The molecule has 1 atom stereocenters. The van der Waals surface area contributed by atoms with E-state index in [1.807, 2.05) is 12.1 Å². The Morgan fingerprint density at radius 2 is 1.76 bits per heavy atom. The Bertz CT molecular complexity index is 590. The van der Waals surface area contributed by atoms with Crippen molar-refractivity contribution < 1.29 is 8.42 Å². The lowest BCUT2D eigenvalue weighted by Gasteiger charge is -2.45. The highest BCUT2D eigenvalue weighted by Crippen LogP contribution is 2.30. The van der Waals surface area contributed by atoms with Crippen molar-refractivity contribution in [2.24, 2.45) is 5.92 Å². The van der Waals surface area contributed by atoms with Crippen LogP contribution in [0.15, 0.2) is 29.2 Å². The zero-order valence-corrected chi connectivity index (χ0v) is 13.4. The van der Waals surface area contributed by atoms with Crippen LogP contribution < -0.4 is 5.32 Å². The maximum Gasteiger partial charge on any atom is 0.242 e. The molecule has 1 aromatic rings. The van der Waals surface area contributed by atoms with E-state index in [9.17, 15) is 8.42 Å². The summed E-state index contributed by atoms with van der Waals surface area (Å²) in [6.45, 7) is 3.55. The van der Waals surface area contributed by atoms with Crippen molar-refractivity contribution in [2.45, 2.75) is 23.8 Å². The lowest BCUT2D eigenvalue weighted by atomic mass is 9.84. The third kappa shape index (κ3) is 2.93. The first-order valence-corrected chi connectivity index (χ1v) is 8.92. The molecule has 0 radical (unpaired) electrons. The van der Waals surface area contributed by atoms with Crippen LogP contribution in [0.2, 0.25) is 0 Å². The Labute approximate surface area is 127 Å². The standard InChI is InChI=1S/C15H23N3O2S/c1-17(2)21(19,20)14-5-3-13(4-6-14)16-15-11-18-9-7-12(15)8-10-18/h3-6,12,15-16H,7-11H2,1-2H3. The smallest absolute Gasteiger partial charge is 0.242 e. The van der Waals surface area contributed by atoms with Crippen LogP contribution in [-0.2, 0) is 10.0 Å². The molecule has 1 aromatic carbocycles. The van der Waals surface area contributed by atoms with Gasteiger partial charge < -0.3 is 10.2 Å². The fourth-order valence-corrected chi connectivity index (χ4v) is 4.18. The zero-order valence-electron chi connectivity index (χ0n) is 12.6. The van der Waals surface area contributed by atoms with Crippen molar-refractivity contribution in [1.29, 1.82) is 0 Å². The molecule has 0 spiro atoms. The second-order valence-corrected chi connectivity index (χ2v) is 8.35. The third-order valence-corrected chi connectivity index (χ3v) is 6.47.